The lowest BCUT2D eigenvalue weighted by Gasteiger charge is -2.07. The summed E-state index contributed by atoms with van der Waals surface area (Å²) in [4.78, 5) is 11.4. The summed E-state index contributed by atoms with van der Waals surface area (Å²) in [5.41, 5.74) is 0. The van der Waals surface area contributed by atoms with Gasteiger partial charge in [0.1, 0.15) is 11.6 Å². The zero-order chi connectivity index (χ0) is 13.9. The molecule has 0 heterocycles. The van der Waals surface area contributed by atoms with Crippen LogP contribution < -0.4 is 15.4 Å². The van der Waals surface area contributed by atoms with Crippen LogP contribution in [0.2, 0.25) is 0 Å². The molecule has 19 heavy (non-hydrogen) atoms. The average Bonchev–Trinajstić information content (AvgIpc) is 2.42. The molecule has 1 aromatic carbocycles. The van der Waals surface area contributed by atoms with Gasteiger partial charge in [0.25, 0.3) is 0 Å². The van der Waals surface area contributed by atoms with E-state index in [1.165, 1.54) is 12.1 Å². The lowest BCUT2D eigenvalue weighted by Crippen LogP contribution is -2.31. The Labute approximate surface area is 113 Å². The van der Waals surface area contributed by atoms with Gasteiger partial charge >= 0.3 is 0 Å². The normalized spacial score (nSPS) is 10.2. The van der Waals surface area contributed by atoms with Gasteiger partial charge < -0.3 is 15.4 Å². The smallest absolute Gasteiger partial charge is 0.220 e. The highest BCUT2D eigenvalue weighted by Gasteiger charge is 2.01. The van der Waals surface area contributed by atoms with E-state index in [2.05, 4.69) is 10.6 Å². The molecule has 0 saturated carbocycles. The zero-order valence-electron chi connectivity index (χ0n) is 11.2. The van der Waals surface area contributed by atoms with E-state index in [1.807, 2.05) is 6.92 Å². The van der Waals surface area contributed by atoms with Crippen LogP contribution in [0.4, 0.5) is 4.39 Å². The number of nitrogens with one attached hydrogen (secondary N) is 2. The molecule has 0 saturated heterocycles. The first-order valence-corrected chi connectivity index (χ1v) is 6.58. The number of carbonyl (C=O) groups excluding carboxylic acids is 1. The average molecular weight is 268 g/mol. The predicted molar refractivity (Wildman–Crippen MR) is 72.7 cm³/mol. The molecule has 106 valence electrons. The van der Waals surface area contributed by atoms with Crippen LogP contribution in [0.25, 0.3) is 0 Å². The lowest BCUT2D eigenvalue weighted by molar-refractivity contribution is -0.121. The summed E-state index contributed by atoms with van der Waals surface area (Å²) in [6, 6.07) is 5.85. The van der Waals surface area contributed by atoms with Crippen molar-refractivity contribution in [3.63, 3.8) is 0 Å². The van der Waals surface area contributed by atoms with Crippen molar-refractivity contribution in [2.45, 2.75) is 19.8 Å². The van der Waals surface area contributed by atoms with Crippen LogP contribution >= 0.6 is 0 Å². The number of benzene rings is 1. The Balaban J connectivity index is 2.03. The van der Waals surface area contributed by atoms with Crippen molar-refractivity contribution in [3.05, 3.63) is 30.1 Å². The number of hydrogen-bond donors (Lipinski definition) is 2. The second-order valence-corrected chi connectivity index (χ2v) is 4.11. The van der Waals surface area contributed by atoms with Crippen LogP contribution in [0.3, 0.4) is 0 Å². The molecule has 0 unspecified atom stereocenters. The first-order chi connectivity index (χ1) is 9.22. The van der Waals surface area contributed by atoms with Gasteiger partial charge in [0.15, 0.2) is 0 Å². The third-order valence-electron chi connectivity index (χ3n) is 2.50. The molecule has 0 aliphatic heterocycles. The molecule has 0 aliphatic rings. The van der Waals surface area contributed by atoms with Gasteiger partial charge in [0, 0.05) is 19.5 Å². The largest absolute Gasteiger partial charge is 0.494 e. The van der Waals surface area contributed by atoms with Crippen LogP contribution in [-0.4, -0.2) is 32.1 Å². The Morgan fingerprint density at radius 2 is 2.00 bits per heavy atom. The van der Waals surface area contributed by atoms with Crippen LogP contribution in [-0.2, 0) is 4.79 Å². The monoisotopic (exact) mass is 268 g/mol. The Hall–Kier alpha value is -1.62. The van der Waals surface area contributed by atoms with Gasteiger partial charge in [-0.2, -0.15) is 0 Å². The number of halogens is 1. The van der Waals surface area contributed by atoms with Gasteiger partial charge in [-0.1, -0.05) is 6.92 Å². The molecule has 0 atom stereocenters. The molecular weight excluding hydrogens is 247 g/mol. The number of likely N-dealkylation sites (N-methyl/N-ethyl adjacent to an activating group) is 1. The molecule has 5 heteroatoms. The molecule has 0 spiro atoms. The summed E-state index contributed by atoms with van der Waals surface area (Å²) < 4.78 is 18.0. The molecule has 2 N–H and O–H groups in total. The topological polar surface area (TPSA) is 50.4 Å². The van der Waals surface area contributed by atoms with Crippen molar-refractivity contribution in [2.75, 3.05) is 26.2 Å². The SMILES string of the molecule is CCNCCNC(=O)CCCOc1ccc(F)cc1. The van der Waals surface area contributed by atoms with Crippen LogP contribution in [0.5, 0.6) is 5.75 Å². The van der Waals surface area contributed by atoms with E-state index in [1.54, 1.807) is 12.1 Å². The number of rotatable bonds is 9. The van der Waals surface area contributed by atoms with Gasteiger partial charge in [-0.3, -0.25) is 4.79 Å². The molecule has 1 rings (SSSR count). The van der Waals surface area contributed by atoms with E-state index >= 15 is 0 Å². The quantitative estimate of drug-likeness (QED) is 0.670. The highest BCUT2D eigenvalue weighted by atomic mass is 19.1. The lowest BCUT2D eigenvalue weighted by atomic mass is 10.3. The van der Waals surface area contributed by atoms with E-state index in [0.29, 0.717) is 31.7 Å². The summed E-state index contributed by atoms with van der Waals surface area (Å²) in [5, 5.41) is 5.94. The van der Waals surface area contributed by atoms with E-state index in [4.69, 9.17) is 4.74 Å². The summed E-state index contributed by atoms with van der Waals surface area (Å²) >= 11 is 0. The van der Waals surface area contributed by atoms with Crippen molar-refractivity contribution >= 4 is 5.91 Å². The van der Waals surface area contributed by atoms with Crippen LogP contribution in [0, 0.1) is 5.82 Å². The minimum atomic E-state index is -0.285. The van der Waals surface area contributed by atoms with E-state index < -0.39 is 0 Å². The fourth-order valence-corrected chi connectivity index (χ4v) is 1.51. The van der Waals surface area contributed by atoms with E-state index in [-0.39, 0.29) is 11.7 Å². The van der Waals surface area contributed by atoms with Gasteiger partial charge in [-0.15, -0.1) is 0 Å². The molecular formula is C14H21FN2O2. The first kappa shape index (κ1) is 15.4. The summed E-state index contributed by atoms with van der Waals surface area (Å²) in [5.74, 6) is 0.363. The van der Waals surface area contributed by atoms with E-state index in [0.717, 1.165) is 13.1 Å². The fourth-order valence-electron chi connectivity index (χ4n) is 1.51. The Bertz CT molecular complexity index is 368. The van der Waals surface area contributed by atoms with E-state index in [9.17, 15) is 9.18 Å². The molecule has 1 aromatic rings. The Morgan fingerprint density at radius 1 is 1.26 bits per heavy atom. The Morgan fingerprint density at radius 3 is 2.68 bits per heavy atom. The van der Waals surface area contributed by atoms with Gasteiger partial charge in [-0.25, -0.2) is 4.39 Å². The standard InChI is InChI=1S/C14H21FN2O2/c1-2-16-9-10-17-14(18)4-3-11-19-13-7-5-12(15)6-8-13/h5-8,16H,2-4,9-11H2,1H3,(H,17,18). The van der Waals surface area contributed by atoms with Gasteiger partial charge in [0.2, 0.25) is 5.91 Å². The summed E-state index contributed by atoms with van der Waals surface area (Å²) in [7, 11) is 0. The van der Waals surface area contributed by atoms with Crippen LogP contribution in [0.15, 0.2) is 24.3 Å². The molecule has 0 bridgehead atoms. The van der Waals surface area contributed by atoms with Crippen molar-refractivity contribution in [3.8, 4) is 5.75 Å². The minimum absolute atomic E-state index is 0.0283. The van der Waals surface area contributed by atoms with Crippen molar-refractivity contribution in [1.29, 1.82) is 0 Å². The third-order valence-corrected chi connectivity index (χ3v) is 2.50. The van der Waals surface area contributed by atoms with Crippen molar-refractivity contribution in [2.24, 2.45) is 0 Å². The molecule has 0 aromatic heterocycles. The van der Waals surface area contributed by atoms with Gasteiger partial charge in [0.05, 0.1) is 6.61 Å². The maximum Gasteiger partial charge on any atom is 0.220 e. The maximum atomic E-state index is 12.6. The maximum absolute atomic E-state index is 12.6. The zero-order valence-corrected chi connectivity index (χ0v) is 11.2. The van der Waals surface area contributed by atoms with Crippen LogP contribution in [0.1, 0.15) is 19.8 Å². The molecule has 0 radical (unpaired) electrons. The second kappa shape index (κ2) is 9.33. The molecule has 1 amide bonds. The summed E-state index contributed by atoms with van der Waals surface area (Å²) in [6.07, 6.45) is 1.08. The number of carbonyl (C=O) groups is 1. The number of hydrogen-bond acceptors (Lipinski definition) is 3. The van der Waals surface area contributed by atoms with Gasteiger partial charge in [-0.05, 0) is 37.2 Å². The first-order valence-electron chi connectivity index (χ1n) is 6.58. The highest BCUT2D eigenvalue weighted by Crippen LogP contribution is 2.11. The predicted octanol–water partition coefficient (Wildman–Crippen LogP) is 1.71. The molecule has 0 aliphatic carbocycles. The molecule has 0 fully saturated rings. The van der Waals surface area contributed by atoms with Crippen molar-refractivity contribution < 1.29 is 13.9 Å². The fraction of sp³-hybridized carbons (Fsp3) is 0.500. The number of ether oxygens (including phenoxy) is 1. The Kier molecular flexibility index (Phi) is 7.58. The number of amides is 1. The highest BCUT2D eigenvalue weighted by molar-refractivity contribution is 5.75. The van der Waals surface area contributed by atoms with Crippen molar-refractivity contribution in [1.82, 2.24) is 10.6 Å². The minimum Gasteiger partial charge on any atom is -0.494 e. The third kappa shape index (κ3) is 7.41. The summed E-state index contributed by atoms with van der Waals surface area (Å²) in [6.45, 7) is 4.81. The second-order valence-electron chi connectivity index (χ2n) is 4.11. The molecule has 4 nitrogen and oxygen atoms in total.